The average Bonchev–Trinajstić information content (AvgIpc) is 2.64. The summed E-state index contributed by atoms with van der Waals surface area (Å²) in [5, 5.41) is 3.83. The van der Waals surface area contributed by atoms with Crippen molar-refractivity contribution in [2.75, 3.05) is 20.2 Å². The Morgan fingerprint density at radius 1 is 1.12 bits per heavy atom. The van der Waals surface area contributed by atoms with Crippen molar-refractivity contribution in [1.82, 2.24) is 10.2 Å². The summed E-state index contributed by atoms with van der Waals surface area (Å²) in [7, 11) is 1.67. The summed E-state index contributed by atoms with van der Waals surface area (Å²) in [6.45, 7) is 2.78. The lowest BCUT2D eigenvalue weighted by molar-refractivity contribution is 0.0909. The lowest BCUT2D eigenvalue weighted by Gasteiger charge is -2.32. The molecule has 1 amide bonds. The highest BCUT2D eigenvalue weighted by Crippen LogP contribution is 2.25. The number of nitrogens with zero attached hydrogens (tertiary/aromatic N) is 1. The quantitative estimate of drug-likeness (QED) is 0.819. The van der Waals surface area contributed by atoms with Crippen LogP contribution in [0.25, 0.3) is 0 Å². The SMILES string of the molecule is COc1ccc(CN2CCC(NC(=O)c3c(Cl)cccc3Cl)CC2)cc1. The highest BCUT2D eigenvalue weighted by atomic mass is 35.5. The number of halogens is 2. The predicted molar refractivity (Wildman–Crippen MR) is 105 cm³/mol. The third-order valence-corrected chi connectivity index (χ3v) is 5.31. The molecule has 26 heavy (non-hydrogen) atoms. The average molecular weight is 393 g/mol. The van der Waals surface area contributed by atoms with Crippen LogP contribution in [0.15, 0.2) is 42.5 Å². The molecule has 2 aromatic rings. The lowest BCUT2D eigenvalue weighted by Crippen LogP contribution is -2.44. The summed E-state index contributed by atoms with van der Waals surface area (Å²) in [4.78, 5) is 14.9. The van der Waals surface area contributed by atoms with Crippen LogP contribution in [0, 0.1) is 0 Å². The van der Waals surface area contributed by atoms with Crippen LogP contribution < -0.4 is 10.1 Å². The van der Waals surface area contributed by atoms with E-state index in [-0.39, 0.29) is 11.9 Å². The van der Waals surface area contributed by atoms with Crippen LogP contribution in [0.1, 0.15) is 28.8 Å². The normalized spacial score (nSPS) is 15.7. The molecule has 6 heteroatoms. The Kier molecular flexibility index (Phi) is 6.41. The summed E-state index contributed by atoms with van der Waals surface area (Å²) < 4.78 is 5.19. The second-order valence-electron chi connectivity index (χ2n) is 6.47. The minimum Gasteiger partial charge on any atom is -0.497 e. The zero-order valence-electron chi connectivity index (χ0n) is 14.7. The van der Waals surface area contributed by atoms with Crippen molar-refractivity contribution in [1.29, 1.82) is 0 Å². The fourth-order valence-electron chi connectivity index (χ4n) is 3.20. The molecule has 2 aromatic carbocycles. The minimum absolute atomic E-state index is 0.141. The Labute approximate surface area is 164 Å². The summed E-state index contributed by atoms with van der Waals surface area (Å²) in [6.07, 6.45) is 1.81. The number of benzene rings is 2. The molecule has 1 saturated heterocycles. The van der Waals surface area contributed by atoms with Gasteiger partial charge in [0, 0.05) is 25.7 Å². The van der Waals surface area contributed by atoms with E-state index in [0.29, 0.717) is 15.6 Å². The minimum atomic E-state index is -0.200. The predicted octanol–water partition coefficient (Wildman–Crippen LogP) is 4.40. The van der Waals surface area contributed by atoms with Crippen molar-refractivity contribution in [3.05, 3.63) is 63.6 Å². The molecule has 0 radical (unpaired) electrons. The number of carbonyl (C=O) groups excluding carboxylic acids is 1. The molecule has 0 spiro atoms. The molecular weight excluding hydrogens is 371 g/mol. The molecule has 0 unspecified atom stereocenters. The van der Waals surface area contributed by atoms with Gasteiger partial charge >= 0.3 is 0 Å². The van der Waals surface area contributed by atoms with E-state index >= 15 is 0 Å². The molecule has 0 bridgehead atoms. The first-order chi connectivity index (χ1) is 12.6. The van der Waals surface area contributed by atoms with Crippen LogP contribution in [-0.2, 0) is 6.54 Å². The fraction of sp³-hybridized carbons (Fsp3) is 0.350. The van der Waals surface area contributed by atoms with Gasteiger partial charge in [-0.05, 0) is 42.7 Å². The molecule has 1 aliphatic rings. The molecule has 0 saturated carbocycles. The van der Waals surface area contributed by atoms with Crippen LogP contribution in [0.4, 0.5) is 0 Å². The summed E-state index contributed by atoms with van der Waals surface area (Å²) in [5.41, 5.74) is 1.62. The van der Waals surface area contributed by atoms with Gasteiger partial charge in [0.25, 0.3) is 5.91 Å². The maximum absolute atomic E-state index is 12.5. The van der Waals surface area contributed by atoms with Crippen molar-refractivity contribution in [3.8, 4) is 5.75 Å². The van der Waals surface area contributed by atoms with E-state index in [2.05, 4.69) is 22.3 Å². The highest BCUT2D eigenvalue weighted by Gasteiger charge is 2.23. The molecular formula is C20H22Cl2N2O2. The number of rotatable bonds is 5. The molecule has 1 N–H and O–H groups in total. The largest absolute Gasteiger partial charge is 0.497 e. The smallest absolute Gasteiger partial charge is 0.254 e. The van der Waals surface area contributed by atoms with Crippen LogP contribution in [0.5, 0.6) is 5.75 Å². The number of likely N-dealkylation sites (tertiary alicyclic amines) is 1. The molecule has 1 aliphatic heterocycles. The van der Waals surface area contributed by atoms with Crippen molar-refractivity contribution in [2.24, 2.45) is 0 Å². The van der Waals surface area contributed by atoms with Crippen molar-refractivity contribution in [2.45, 2.75) is 25.4 Å². The van der Waals surface area contributed by atoms with Gasteiger partial charge in [0.15, 0.2) is 0 Å². The lowest BCUT2D eigenvalue weighted by atomic mass is 10.0. The summed E-state index contributed by atoms with van der Waals surface area (Å²) >= 11 is 12.2. The molecule has 0 aromatic heterocycles. The maximum atomic E-state index is 12.5. The van der Waals surface area contributed by atoms with Crippen LogP contribution in [0.3, 0.4) is 0 Å². The molecule has 1 fully saturated rings. The number of nitrogens with one attached hydrogen (secondary N) is 1. The molecule has 1 heterocycles. The van der Waals surface area contributed by atoms with Crippen molar-refractivity contribution < 1.29 is 9.53 Å². The van der Waals surface area contributed by atoms with Gasteiger partial charge < -0.3 is 10.1 Å². The van der Waals surface area contributed by atoms with E-state index in [4.69, 9.17) is 27.9 Å². The van der Waals surface area contributed by atoms with E-state index in [1.165, 1.54) is 5.56 Å². The first kappa shape index (κ1) is 19.0. The number of methoxy groups -OCH3 is 1. The Hall–Kier alpha value is -1.75. The Bertz CT molecular complexity index is 737. The monoisotopic (exact) mass is 392 g/mol. The first-order valence-electron chi connectivity index (χ1n) is 8.67. The third-order valence-electron chi connectivity index (χ3n) is 4.68. The summed E-state index contributed by atoms with van der Waals surface area (Å²) in [5.74, 6) is 0.669. The van der Waals surface area contributed by atoms with Gasteiger partial charge in [0.1, 0.15) is 5.75 Å². The Morgan fingerprint density at radius 2 is 1.73 bits per heavy atom. The van der Waals surface area contributed by atoms with Gasteiger partial charge in [-0.2, -0.15) is 0 Å². The Morgan fingerprint density at radius 3 is 2.31 bits per heavy atom. The van der Waals surface area contributed by atoms with Crippen LogP contribution >= 0.6 is 23.2 Å². The van der Waals surface area contributed by atoms with Crippen LogP contribution in [-0.4, -0.2) is 37.0 Å². The summed E-state index contributed by atoms with van der Waals surface area (Å²) in [6, 6.07) is 13.4. The zero-order valence-corrected chi connectivity index (χ0v) is 16.2. The standard InChI is InChI=1S/C20H22Cl2N2O2/c1-26-16-7-5-14(6-8-16)13-24-11-9-15(10-12-24)23-20(25)19-17(21)3-2-4-18(19)22/h2-8,15H,9-13H2,1H3,(H,23,25). The number of piperidine rings is 1. The van der Waals surface area contributed by atoms with Crippen molar-refractivity contribution >= 4 is 29.1 Å². The van der Waals surface area contributed by atoms with E-state index in [9.17, 15) is 4.79 Å². The molecule has 4 nitrogen and oxygen atoms in total. The first-order valence-corrected chi connectivity index (χ1v) is 9.42. The van der Waals surface area contributed by atoms with Gasteiger partial charge in [0.2, 0.25) is 0 Å². The topological polar surface area (TPSA) is 41.6 Å². The van der Waals surface area contributed by atoms with Gasteiger partial charge in [-0.3, -0.25) is 9.69 Å². The molecule has 0 aliphatic carbocycles. The number of ether oxygens (including phenoxy) is 1. The number of carbonyl (C=O) groups is 1. The highest BCUT2D eigenvalue weighted by molar-refractivity contribution is 6.39. The van der Waals surface area contributed by atoms with E-state index in [1.54, 1.807) is 25.3 Å². The molecule has 3 rings (SSSR count). The fourth-order valence-corrected chi connectivity index (χ4v) is 3.77. The number of amides is 1. The van der Waals surface area contributed by atoms with Gasteiger partial charge in [-0.1, -0.05) is 41.4 Å². The van der Waals surface area contributed by atoms with Gasteiger partial charge in [-0.15, -0.1) is 0 Å². The van der Waals surface area contributed by atoms with Gasteiger partial charge in [0.05, 0.1) is 22.7 Å². The van der Waals surface area contributed by atoms with E-state index in [1.807, 2.05) is 12.1 Å². The second-order valence-corrected chi connectivity index (χ2v) is 7.28. The number of hydrogen-bond donors (Lipinski definition) is 1. The van der Waals surface area contributed by atoms with Crippen LogP contribution in [0.2, 0.25) is 10.0 Å². The molecule has 138 valence electrons. The van der Waals surface area contributed by atoms with E-state index in [0.717, 1.165) is 38.2 Å². The maximum Gasteiger partial charge on any atom is 0.254 e. The van der Waals surface area contributed by atoms with Crippen molar-refractivity contribution in [3.63, 3.8) is 0 Å². The second kappa shape index (κ2) is 8.76. The zero-order chi connectivity index (χ0) is 18.5. The van der Waals surface area contributed by atoms with Gasteiger partial charge in [-0.25, -0.2) is 0 Å². The Balaban J connectivity index is 1.51. The molecule has 0 atom stereocenters. The number of hydrogen-bond acceptors (Lipinski definition) is 3. The van der Waals surface area contributed by atoms with E-state index < -0.39 is 0 Å². The third kappa shape index (κ3) is 4.70.